The Bertz CT molecular complexity index is 583. The highest BCUT2D eigenvalue weighted by Gasteiger charge is 2.24. The van der Waals surface area contributed by atoms with Crippen molar-refractivity contribution in [3.8, 4) is 0 Å². The largest absolute Gasteiger partial charge is 0.350 e. The maximum absolute atomic E-state index is 13.5. The normalized spacial score (nSPS) is 11.2. The van der Waals surface area contributed by atoms with Gasteiger partial charge < -0.3 is 10.2 Å². The maximum atomic E-state index is 13.5. The number of nitrogens with zero attached hydrogens (tertiary/aromatic N) is 1. The summed E-state index contributed by atoms with van der Waals surface area (Å²) >= 11 is 0. The number of halogens is 3. The van der Waals surface area contributed by atoms with Gasteiger partial charge in [0.25, 0.3) is 5.91 Å². The average Bonchev–Trinajstić information content (AvgIpc) is 2.39. The van der Waals surface area contributed by atoms with E-state index in [9.17, 15) is 22.8 Å². The van der Waals surface area contributed by atoms with Gasteiger partial charge in [0.1, 0.15) is 0 Å². The van der Waals surface area contributed by atoms with Gasteiger partial charge in [-0.05, 0) is 32.9 Å². The lowest BCUT2D eigenvalue weighted by molar-refractivity contribution is -0.133. The third kappa shape index (κ3) is 4.22. The molecular weight excluding hydrogens is 297 g/mol. The summed E-state index contributed by atoms with van der Waals surface area (Å²) in [5.74, 6) is -5.61. The number of nitrogens with one attached hydrogen (secondary N) is 1. The summed E-state index contributed by atoms with van der Waals surface area (Å²) in [5.41, 5.74) is -1.01. The zero-order valence-corrected chi connectivity index (χ0v) is 13.0. The Morgan fingerprint density at radius 3 is 2.23 bits per heavy atom. The molecule has 0 bridgehead atoms. The second-order valence-electron chi connectivity index (χ2n) is 5.82. The Morgan fingerprint density at radius 1 is 1.14 bits per heavy atom. The van der Waals surface area contributed by atoms with Crippen LogP contribution in [0.25, 0.3) is 0 Å². The number of benzene rings is 1. The Labute approximate surface area is 127 Å². The van der Waals surface area contributed by atoms with Gasteiger partial charge in [-0.1, -0.05) is 0 Å². The SMILES string of the molecule is CC(=O)N(CCNC(=O)c1ccc(F)c(F)c1F)C(C)(C)C. The third-order valence-electron chi connectivity index (χ3n) is 3.09. The minimum absolute atomic E-state index is 0.0636. The molecule has 1 aromatic rings. The molecule has 4 nitrogen and oxygen atoms in total. The maximum Gasteiger partial charge on any atom is 0.254 e. The topological polar surface area (TPSA) is 49.4 Å². The summed E-state index contributed by atoms with van der Waals surface area (Å²) in [7, 11) is 0. The van der Waals surface area contributed by atoms with Gasteiger partial charge in [-0.25, -0.2) is 13.2 Å². The van der Waals surface area contributed by atoms with E-state index >= 15 is 0 Å². The van der Waals surface area contributed by atoms with Crippen LogP contribution >= 0.6 is 0 Å². The van der Waals surface area contributed by atoms with Gasteiger partial charge in [0.05, 0.1) is 5.56 Å². The fourth-order valence-corrected chi connectivity index (χ4v) is 2.04. The highest BCUT2D eigenvalue weighted by Crippen LogP contribution is 2.15. The van der Waals surface area contributed by atoms with E-state index in [1.165, 1.54) is 11.8 Å². The second kappa shape index (κ2) is 6.81. The number of carbonyl (C=O) groups excluding carboxylic acids is 2. The van der Waals surface area contributed by atoms with Crippen LogP contribution in [0, 0.1) is 17.5 Å². The van der Waals surface area contributed by atoms with Crippen LogP contribution in [0.15, 0.2) is 12.1 Å². The van der Waals surface area contributed by atoms with Crippen LogP contribution in [0.1, 0.15) is 38.1 Å². The molecule has 0 spiro atoms. The molecule has 0 heterocycles. The molecule has 2 amide bonds. The van der Waals surface area contributed by atoms with E-state index in [0.29, 0.717) is 6.07 Å². The number of amides is 2. The van der Waals surface area contributed by atoms with Crippen LogP contribution in [-0.4, -0.2) is 35.3 Å². The highest BCUT2D eigenvalue weighted by molar-refractivity contribution is 5.94. The van der Waals surface area contributed by atoms with Gasteiger partial charge in [-0.15, -0.1) is 0 Å². The minimum Gasteiger partial charge on any atom is -0.350 e. The molecule has 0 saturated heterocycles. The van der Waals surface area contributed by atoms with Gasteiger partial charge in [0.15, 0.2) is 17.5 Å². The Kier molecular flexibility index (Phi) is 5.57. The van der Waals surface area contributed by atoms with Crippen molar-refractivity contribution in [2.24, 2.45) is 0 Å². The fraction of sp³-hybridized carbons (Fsp3) is 0.467. The first-order valence-electron chi connectivity index (χ1n) is 6.75. The van der Waals surface area contributed by atoms with E-state index in [1.54, 1.807) is 0 Å². The molecule has 0 radical (unpaired) electrons. The molecule has 0 saturated carbocycles. The number of hydrogen-bond acceptors (Lipinski definition) is 2. The molecule has 122 valence electrons. The minimum atomic E-state index is -1.69. The smallest absolute Gasteiger partial charge is 0.254 e. The summed E-state index contributed by atoms with van der Waals surface area (Å²) in [4.78, 5) is 24.9. The third-order valence-corrected chi connectivity index (χ3v) is 3.09. The molecule has 1 rings (SSSR count). The average molecular weight is 316 g/mol. The van der Waals surface area contributed by atoms with Crippen LogP contribution < -0.4 is 5.32 Å². The molecule has 0 fully saturated rings. The number of hydrogen-bond donors (Lipinski definition) is 1. The van der Waals surface area contributed by atoms with Crippen molar-refractivity contribution in [3.63, 3.8) is 0 Å². The molecule has 7 heteroatoms. The molecular formula is C15H19F3N2O2. The second-order valence-corrected chi connectivity index (χ2v) is 5.82. The summed E-state index contributed by atoms with van der Waals surface area (Å²) < 4.78 is 39.4. The first kappa shape index (κ1) is 18.0. The molecule has 1 aromatic carbocycles. The summed E-state index contributed by atoms with van der Waals surface area (Å²) in [6, 6.07) is 1.56. The van der Waals surface area contributed by atoms with E-state index in [4.69, 9.17) is 0 Å². The van der Waals surface area contributed by atoms with Crippen molar-refractivity contribution in [3.05, 3.63) is 35.1 Å². The van der Waals surface area contributed by atoms with E-state index in [-0.39, 0.29) is 19.0 Å². The quantitative estimate of drug-likeness (QED) is 0.868. The van der Waals surface area contributed by atoms with Gasteiger partial charge in [0.2, 0.25) is 5.91 Å². The van der Waals surface area contributed by atoms with E-state index in [0.717, 1.165) is 6.07 Å². The lowest BCUT2D eigenvalue weighted by Crippen LogP contribution is -2.48. The van der Waals surface area contributed by atoms with Crippen LogP contribution in [0.4, 0.5) is 13.2 Å². The Morgan fingerprint density at radius 2 is 1.73 bits per heavy atom. The monoisotopic (exact) mass is 316 g/mol. The first-order valence-corrected chi connectivity index (χ1v) is 6.75. The number of carbonyl (C=O) groups is 2. The van der Waals surface area contributed by atoms with Crippen molar-refractivity contribution in [1.29, 1.82) is 0 Å². The number of rotatable bonds is 4. The van der Waals surface area contributed by atoms with Gasteiger partial charge in [-0.3, -0.25) is 9.59 Å². The van der Waals surface area contributed by atoms with E-state index in [2.05, 4.69) is 5.32 Å². The van der Waals surface area contributed by atoms with Crippen LogP contribution in [-0.2, 0) is 4.79 Å². The van der Waals surface area contributed by atoms with Crippen LogP contribution in [0.5, 0.6) is 0 Å². The molecule has 0 unspecified atom stereocenters. The fourth-order valence-electron chi connectivity index (χ4n) is 2.04. The van der Waals surface area contributed by atoms with Crippen molar-refractivity contribution in [1.82, 2.24) is 10.2 Å². The molecule has 0 aliphatic heterocycles. The van der Waals surface area contributed by atoms with Crippen LogP contribution in [0.3, 0.4) is 0 Å². The zero-order chi connectivity index (χ0) is 17.1. The van der Waals surface area contributed by atoms with Gasteiger partial charge in [-0.2, -0.15) is 0 Å². The Hall–Kier alpha value is -2.05. The molecule has 1 N–H and O–H groups in total. The van der Waals surface area contributed by atoms with E-state index in [1.807, 2.05) is 20.8 Å². The standard InChI is InChI=1S/C15H19F3N2O2/c1-9(21)20(15(2,3)4)8-7-19-14(22)10-5-6-11(16)13(18)12(10)17/h5-6H,7-8H2,1-4H3,(H,19,22). The summed E-state index contributed by atoms with van der Waals surface area (Å²) in [6.07, 6.45) is 0. The van der Waals surface area contributed by atoms with Gasteiger partial charge in [0, 0.05) is 25.6 Å². The van der Waals surface area contributed by atoms with Crippen molar-refractivity contribution >= 4 is 11.8 Å². The summed E-state index contributed by atoms with van der Waals surface area (Å²) in [5, 5.41) is 2.38. The highest BCUT2D eigenvalue weighted by atomic mass is 19.2. The first-order chi connectivity index (χ1) is 10.1. The van der Waals surface area contributed by atoms with Crippen LogP contribution in [0.2, 0.25) is 0 Å². The lowest BCUT2D eigenvalue weighted by Gasteiger charge is -2.35. The summed E-state index contributed by atoms with van der Waals surface area (Å²) in [6.45, 7) is 7.20. The predicted molar refractivity (Wildman–Crippen MR) is 75.8 cm³/mol. The Balaban J connectivity index is 2.71. The van der Waals surface area contributed by atoms with Crippen molar-refractivity contribution in [2.75, 3.05) is 13.1 Å². The zero-order valence-electron chi connectivity index (χ0n) is 13.0. The predicted octanol–water partition coefficient (Wildman–Crippen LogP) is 2.48. The molecule has 0 atom stereocenters. The van der Waals surface area contributed by atoms with Crippen molar-refractivity contribution < 1.29 is 22.8 Å². The molecule has 0 aliphatic carbocycles. The molecule has 22 heavy (non-hydrogen) atoms. The van der Waals surface area contributed by atoms with Gasteiger partial charge >= 0.3 is 0 Å². The van der Waals surface area contributed by atoms with Crippen molar-refractivity contribution in [2.45, 2.75) is 33.2 Å². The van der Waals surface area contributed by atoms with E-state index < -0.39 is 34.5 Å². The lowest BCUT2D eigenvalue weighted by atomic mass is 10.1. The molecule has 0 aliphatic rings. The molecule has 0 aromatic heterocycles.